The van der Waals surface area contributed by atoms with E-state index in [-0.39, 0.29) is 10.6 Å². The summed E-state index contributed by atoms with van der Waals surface area (Å²) in [5.74, 6) is 1.88. The van der Waals surface area contributed by atoms with E-state index in [2.05, 4.69) is 21.8 Å². The number of hydrogen-bond acceptors (Lipinski definition) is 4. The van der Waals surface area contributed by atoms with Gasteiger partial charge in [-0.05, 0) is 36.8 Å². The second-order valence-corrected chi connectivity index (χ2v) is 7.83. The number of rotatable bonds is 5. The maximum atomic E-state index is 13.0. The Morgan fingerprint density at radius 3 is 2.80 bits per heavy atom. The summed E-state index contributed by atoms with van der Waals surface area (Å²) >= 11 is 6.12. The summed E-state index contributed by atoms with van der Waals surface area (Å²) in [6.45, 7) is 4.19. The third kappa shape index (κ3) is 4.52. The second kappa shape index (κ2) is 8.40. The molecule has 30 heavy (non-hydrogen) atoms. The van der Waals surface area contributed by atoms with Crippen LogP contribution in [0, 0.1) is 0 Å². The topological polar surface area (TPSA) is 42.2 Å². The van der Waals surface area contributed by atoms with Crippen LogP contribution in [0.25, 0.3) is 11.3 Å². The molecule has 0 N–H and O–H groups in total. The molecule has 8 heteroatoms. The van der Waals surface area contributed by atoms with Crippen molar-refractivity contribution in [3.8, 4) is 11.3 Å². The van der Waals surface area contributed by atoms with Gasteiger partial charge in [-0.2, -0.15) is 13.2 Å². The first-order valence-corrected chi connectivity index (χ1v) is 10.2. The summed E-state index contributed by atoms with van der Waals surface area (Å²) < 4.78 is 44.9. The van der Waals surface area contributed by atoms with Gasteiger partial charge in [-0.3, -0.25) is 4.90 Å². The quantitative estimate of drug-likeness (QED) is 0.499. The lowest BCUT2D eigenvalue weighted by Gasteiger charge is -2.27. The van der Waals surface area contributed by atoms with Gasteiger partial charge in [0.05, 0.1) is 17.1 Å². The summed E-state index contributed by atoms with van der Waals surface area (Å²) in [6, 6.07) is 6.68. The Labute approximate surface area is 177 Å². The van der Waals surface area contributed by atoms with Gasteiger partial charge in [0, 0.05) is 48.9 Å². The van der Waals surface area contributed by atoms with Crippen molar-refractivity contribution in [3.63, 3.8) is 0 Å². The van der Waals surface area contributed by atoms with Crippen molar-refractivity contribution in [2.45, 2.75) is 45.5 Å². The Bertz CT molecular complexity index is 1050. The van der Waals surface area contributed by atoms with E-state index in [9.17, 15) is 13.2 Å². The minimum Gasteiger partial charge on any atom is -0.460 e. The van der Waals surface area contributed by atoms with Gasteiger partial charge in [-0.15, -0.1) is 0 Å². The highest BCUT2D eigenvalue weighted by Gasteiger charge is 2.31. The smallest absolute Gasteiger partial charge is 0.416 e. The van der Waals surface area contributed by atoms with Crippen LogP contribution in [0.3, 0.4) is 0 Å². The van der Waals surface area contributed by atoms with Crippen molar-refractivity contribution in [1.29, 1.82) is 0 Å². The number of alkyl halides is 3. The fourth-order valence-corrected chi connectivity index (χ4v) is 3.82. The predicted molar refractivity (Wildman–Crippen MR) is 108 cm³/mol. The van der Waals surface area contributed by atoms with Crippen LogP contribution in [0.4, 0.5) is 13.2 Å². The highest BCUT2D eigenvalue weighted by atomic mass is 35.5. The molecule has 0 bridgehead atoms. The normalized spacial score (nSPS) is 14.7. The summed E-state index contributed by atoms with van der Waals surface area (Å²) in [4.78, 5) is 11.3. The standard InChI is InChI=1S/C22H21ClF3N3O/c1-2-3-21-27-11-14-12-29(9-8-19(14)28-21)13-16-5-7-20(30-16)17-10-15(22(24,25)26)4-6-18(17)23/h4-7,10-11H,2-3,8-9,12-13H2,1H3. The Kier molecular flexibility index (Phi) is 5.84. The number of aromatic nitrogens is 2. The zero-order valence-electron chi connectivity index (χ0n) is 16.5. The first-order chi connectivity index (χ1) is 14.3. The Morgan fingerprint density at radius 2 is 2.03 bits per heavy atom. The van der Waals surface area contributed by atoms with Gasteiger partial charge >= 0.3 is 6.18 Å². The lowest BCUT2D eigenvalue weighted by molar-refractivity contribution is -0.137. The minimum absolute atomic E-state index is 0.218. The zero-order valence-corrected chi connectivity index (χ0v) is 17.2. The largest absolute Gasteiger partial charge is 0.460 e. The van der Waals surface area contributed by atoms with Crippen LogP contribution < -0.4 is 0 Å². The Morgan fingerprint density at radius 1 is 1.20 bits per heavy atom. The Hall–Kier alpha value is -2.38. The number of hydrogen-bond donors (Lipinski definition) is 0. The molecule has 4 nitrogen and oxygen atoms in total. The van der Waals surface area contributed by atoms with Gasteiger partial charge in [0.15, 0.2) is 0 Å². The molecule has 0 saturated carbocycles. The van der Waals surface area contributed by atoms with Crippen molar-refractivity contribution in [1.82, 2.24) is 14.9 Å². The molecule has 2 aromatic heterocycles. The van der Waals surface area contributed by atoms with Gasteiger partial charge in [0.25, 0.3) is 0 Å². The van der Waals surface area contributed by atoms with Gasteiger partial charge in [-0.1, -0.05) is 18.5 Å². The predicted octanol–water partition coefficient (Wildman–Crippen LogP) is 5.92. The average molecular weight is 436 g/mol. The van der Waals surface area contributed by atoms with Crippen LogP contribution in [0.1, 0.15) is 41.8 Å². The molecule has 1 aliphatic heterocycles. The maximum absolute atomic E-state index is 13.0. The van der Waals surface area contributed by atoms with Crippen molar-refractivity contribution in [2.24, 2.45) is 0 Å². The van der Waals surface area contributed by atoms with Crippen LogP contribution in [-0.4, -0.2) is 21.4 Å². The number of fused-ring (bicyclic) bond motifs is 1. The summed E-state index contributed by atoms with van der Waals surface area (Å²) in [5, 5.41) is 0.218. The van der Waals surface area contributed by atoms with E-state index in [0.717, 1.165) is 55.0 Å². The average Bonchev–Trinajstić information content (AvgIpc) is 3.16. The molecular weight excluding hydrogens is 415 g/mol. The van der Waals surface area contributed by atoms with E-state index in [0.29, 0.717) is 24.6 Å². The number of halogens is 4. The SMILES string of the molecule is CCCc1ncc2c(n1)CCN(Cc1ccc(-c3cc(C(F)(F)F)ccc3Cl)o1)C2. The third-order valence-corrected chi connectivity index (χ3v) is 5.47. The van der Waals surface area contributed by atoms with Gasteiger partial charge in [-0.25, -0.2) is 9.97 Å². The molecule has 3 aromatic rings. The van der Waals surface area contributed by atoms with Crippen LogP contribution >= 0.6 is 11.6 Å². The number of furan rings is 1. The molecule has 0 unspecified atom stereocenters. The molecule has 3 heterocycles. The van der Waals surface area contributed by atoms with Crippen LogP contribution in [0.2, 0.25) is 5.02 Å². The van der Waals surface area contributed by atoms with E-state index in [4.69, 9.17) is 16.0 Å². The van der Waals surface area contributed by atoms with Crippen LogP contribution in [0.5, 0.6) is 0 Å². The van der Waals surface area contributed by atoms with Gasteiger partial charge < -0.3 is 4.42 Å². The van der Waals surface area contributed by atoms with E-state index in [1.54, 1.807) is 12.1 Å². The Balaban J connectivity index is 1.48. The molecule has 1 aliphatic rings. The zero-order chi connectivity index (χ0) is 21.3. The van der Waals surface area contributed by atoms with E-state index < -0.39 is 11.7 Å². The molecule has 4 rings (SSSR count). The first kappa shape index (κ1) is 20.9. The van der Waals surface area contributed by atoms with Crippen molar-refractivity contribution in [3.05, 3.63) is 70.0 Å². The lowest BCUT2D eigenvalue weighted by atomic mass is 10.1. The molecule has 158 valence electrons. The molecule has 0 saturated heterocycles. The molecular formula is C22H21ClF3N3O. The maximum Gasteiger partial charge on any atom is 0.416 e. The number of benzene rings is 1. The highest BCUT2D eigenvalue weighted by molar-refractivity contribution is 6.33. The van der Waals surface area contributed by atoms with E-state index >= 15 is 0 Å². The van der Waals surface area contributed by atoms with Crippen molar-refractivity contribution in [2.75, 3.05) is 6.54 Å². The molecule has 0 spiro atoms. The summed E-state index contributed by atoms with van der Waals surface area (Å²) in [6.07, 6.45) is 0.192. The fraction of sp³-hybridized carbons (Fsp3) is 0.364. The lowest BCUT2D eigenvalue weighted by Crippen LogP contribution is -2.31. The molecule has 1 aromatic carbocycles. The second-order valence-electron chi connectivity index (χ2n) is 7.43. The molecule has 0 aliphatic carbocycles. The molecule has 0 amide bonds. The van der Waals surface area contributed by atoms with Crippen LogP contribution in [-0.2, 0) is 32.1 Å². The molecule has 0 fully saturated rings. The first-order valence-electron chi connectivity index (χ1n) is 9.85. The monoisotopic (exact) mass is 435 g/mol. The van der Waals surface area contributed by atoms with E-state index in [1.165, 1.54) is 6.07 Å². The summed E-state index contributed by atoms with van der Waals surface area (Å²) in [7, 11) is 0. The van der Waals surface area contributed by atoms with Gasteiger partial charge in [0.2, 0.25) is 0 Å². The number of nitrogens with zero attached hydrogens (tertiary/aromatic N) is 3. The number of aryl methyl sites for hydroxylation is 1. The minimum atomic E-state index is -4.44. The van der Waals surface area contributed by atoms with Crippen LogP contribution in [0.15, 0.2) is 40.9 Å². The van der Waals surface area contributed by atoms with Gasteiger partial charge in [0.1, 0.15) is 17.3 Å². The van der Waals surface area contributed by atoms with Crippen molar-refractivity contribution >= 4 is 11.6 Å². The molecule has 0 atom stereocenters. The van der Waals surface area contributed by atoms with Crippen molar-refractivity contribution < 1.29 is 17.6 Å². The highest BCUT2D eigenvalue weighted by Crippen LogP contribution is 2.36. The fourth-order valence-electron chi connectivity index (χ4n) is 3.61. The summed E-state index contributed by atoms with van der Waals surface area (Å²) in [5.41, 5.74) is 1.68. The molecule has 0 radical (unpaired) electrons. The third-order valence-electron chi connectivity index (χ3n) is 5.14. The van der Waals surface area contributed by atoms with E-state index in [1.807, 2.05) is 6.20 Å².